The van der Waals surface area contributed by atoms with E-state index in [1.807, 2.05) is 0 Å². The van der Waals surface area contributed by atoms with Crippen LogP contribution in [0.2, 0.25) is 15.1 Å². The Labute approximate surface area is 126 Å². The third-order valence-electron chi connectivity index (χ3n) is 3.34. The largest absolute Gasteiger partial charge is 0.396 e. The average Bonchev–Trinajstić information content (AvgIpc) is 2.83. The van der Waals surface area contributed by atoms with E-state index in [4.69, 9.17) is 34.8 Å². The number of amides is 1. The molecule has 2 N–H and O–H groups in total. The molecule has 1 saturated carbocycles. The molecule has 2 unspecified atom stereocenters. The lowest BCUT2D eigenvalue weighted by atomic mass is 10.1. The first kappa shape index (κ1) is 14.9. The summed E-state index contributed by atoms with van der Waals surface area (Å²) in [4.78, 5) is 16.0. The normalized spacial score (nSPS) is 22.5. The maximum atomic E-state index is 12.1. The van der Waals surface area contributed by atoms with Gasteiger partial charge in [-0.1, -0.05) is 41.2 Å². The van der Waals surface area contributed by atoms with Gasteiger partial charge in [0, 0.05) is 24.8 Å². The molecule has 0 bridgehead atoms. The van der Waals surface area contributed by atoms with Gasteiger partial charge in [0.25, 0.3) is 5.91 Å². The Bertz CT molecular complexity index is 496. The molecular formula is C12H13Cl3N2O2. The quantitative estimate of drug-likeness (QED) is 0.899. The van der Waals surface area contributed by atoms with E-state index < -0.39 is 5.91 Å². The van der Waals surface area contributed by atoms with Gasteiger partial charge in [-0.05, 0) is 12.8 Å². The summed E-state index contributed by atoms with van der Waals surface area (Å²) >= 11 is 17.6. The molecule has 4 nitrogen and oxygen atoms in total. The van der Waals surface area contributed by atoms with Crippen LogP contribution in [0.15, 0.2) is 6.20 Å². The number of aliphatic hydroxyl groups excluding tert-OH is 1. The Hall–Kier alpha value is -0.550. The minimum atomic E-state index is -0.395. The average molecular weight is 324 g/mol. The summed E-state index contributed by atoms with van der Waals surface area (Å²) in [6.07, 6.45) is 4.03. The summed E-state index contributed by atoms with van der Waals surface area (Å²) in [5, 5.41) is 12.4. The molecule has 2 atom stereocenters. The predicted octanol–water partition coefficient (Wildman–Crippen LogP) is 2.93. The fourth-order valence-corrected chi connectivity index (χ4v) is 2.85. The van der Waals surface area contributed by atoms with E-state index in [1.165, 1.54) is 6.20 Å². The Balaban J connectivity index is 2.14. The summed E-state index contributed by atoms with van der Waals surface area (Å²) in [6, 6.07) is -0.0511. The van der Waals surface area contributed by atoms with Gasteiger partial charge in [0.1, 0.15) is 5.69 Å². The molecule has 1 amide bonds. The van der Waals surface area contributed by atoms with Gasteiger partial charge < -0.3 is 10.4 Å². The molecule has 0 saturated heterocycles. The second-order valence-corrected chi connectivity index (χ2v) is 5.70. The predicted molar refractivity (Wildman–Crippen MR) is 74.9 cm³/mol. The van der Waals surface area contributed by atoms with Gasteiger partial charge in [0.15, 0.2) is 0 Å². The molecule has 1 aromatic heterocycles. The van der Waals surface area contributed by atoms with Gasteiger partial charge >= 0.3 is 0 Å². The van der Waals surface area contributed by atoms with Gasteiger partial charge in [-0.25, -0.2) is 4.98 Å². The first-order valence-corrected chi connectivity index (χ1v) is 7.09. The zero-order chi connectivity index (χ0) is 14.0. The van der Waals surface area contributed by atoms with Crippen LogP contribution < -0.4 is 5.32 Å². The van der Waals surface area contributed by atoms with Crippen LogP contribution in [-0.4, -0.2) is 28.6 Å². The number of aliphatic hydroxyl groups is 1. The van der Waals surface area contributed by atoms with Crippen molar-refractivity contribution in [1.82, 2.24) is 10.3 Å². The molecule has 1 fully saturated rings. The number of nitrogens with zero attached hydrogens (tertiary/aromatic N) is 1. The van der Waals surface area contributed by atoms with E-state index in [-0.39, 0.29) is 39.3 Å². The van der Waals surface area contributed by atoms with E-state index in [2.05, 4.69) is 10.3 Å². The Morgan fingerprint density at radius 3 is 2.79 bits per heavy atom. The van der Waals surface area contributed by atoms with Crippen molar-refractivity contribution >= 4 is 40.7 Å². The van der Waals surface area contributed by atoms with Crippen LogP contribution in [0.25, 0.3) is 0 Å². The van der Waals surface area contributed by atoms with Crippen molar-refractivity contribution in [3.05, 3.63) is 27.0 Å². The molecule has 19 heavy (non-hydrogen) atoms. The number of aromatic nitrogens is 1. The minimum Gasteiger partial charge on any atom is -0.396 e. The molecule has 1 heterocycles. The highest BCUT2D eigenvalue weighted by molar-refractivity contribution is 6.48. The number of halogens is 3. The smallest absolute Gasteiger partial charge is 0.271 e. The number of pyridine rings is 1. The van der Waals surface area contributed by atoms with Crippen LogP contribution in [-0.2, 0) is 0 Å². The number of nitrogens with one attached hydrogen (secondary N) is 1. The van der Waals surface area contributed by atoms with Crippen molar-refractivity contribution < 1.29 is 9.90 Å². The van der Waals surface area contributed by atoms with Crippen molar-refractivity contribution in [1.29, 1.82) is 0 Å². The van der Waals surface area contributed by atoms with Crippen molar-refractivity contribution in [2.24, 2.45) is 5.92 Å². The summed E-state index contributed by atoms with van der Waals surface area (Å²) in [5.41, 5.74) is 0.0552. The Kier molecular flexibility index (Phi) is 4.90. The molecule has 1 aliphatic rings. The lowest BCUT2D eigenvalue weighted by Crippen LogP contribution is -2.39. The highest BCUT2D eigenvalue weighted by atomic mass is 35.5. The number of hydrogen-bond acceptors (Lipinski definition) is 3. The summed E-state index contributed by atoms with van der Waals surface area (Å²) in [5.74, 6) is -0.306. The summed E-state index contributed by atoms with van der Waals surface area (Å²) < 4.78 is 0. The van der Waals surface area contributed by atoms with E-state index in [1.54, 1.807) is 0 Å². The molecule has 1 aromatic rings. The molecule has 2 rings (SSSR count). The van der Waals surface area contributed by atoms with Crippen LogP contribution in [0.3, 0.4) is 0 Å². The molecule has 104 valence electrons. The van der Waals surface area contributed by atoms with Crippen LogP contribution in [0, 0.1) is 5.92 Å². The highest BCUT2D eigenvalue weighted by Gasteiger charge is 2.29. The van der Waals surface area contributed by atoms with Crippen molar-refractivity contribution in [2.45, 2.75) is 25.3 Å². The number of rotatable bonds is 3. The monoisotopic (exact) mass is 322 g/mol. The second kappa shape index (κ2) is 6.27. The van der Waals surface area contributed by atoms with Crippen LogP contribution in [0.1, 0.15) is 29.8 Å². The molecular weight excluding hydrogens is 311 g/mol. The SMILES string of the molecule is O=C(NC1CCCC1CO)c1ncc(Cl)c(Cl)c1Cl. The Morgan fingerprint density at radius 1 is 1.37 bits per heavy atom. The number of carbonyl (C=O) groups excluding carboxylic acids is 1. The second-order valence-electron chi connectivity index (χ2n) is 4.54. The van der Waals surface area contributed by atoms with Crippen molar-refractivity contribution in [3.63, 3.8) is 0 Å². The fraction of sp³-hybridized carbons (Fsp3) is 0.500. The fourth-order valence-electron chi connectivity index (χ4n) is 2.28. The topological polar surface area (TPSA) is 62.2 Å². The molecule has 0 aromatic carbocycles. The van der Waals surface area contributed by atoms with E-state index in [0.29, 0.717) is 0 Å². The summed E-state index contributed by atoms with van der Waals surface area (Å²) in [7, 11) is 0. The molecule has 1 aliphatic carbocycles. The van der Waals surface area contributed by atoms with E-state index in [9.17, 15) is 9.90 Å². The maximum absolute atomic E-state index is 12.1. The Morgan fingerprint density at radius 2 is 2.11 bits per heavy atom. The van der Waals surface area contributed by atoms with Crippen LogP contribution in [0.5, 0.6) is 0 Å². The third-order valence-corrected chi connectivity index (χ3v) is 4.58. The van der Waals surface area contributed by atoms with Gasteiger partial charge in [-0.15, -0.1) is 0 Å². The van der Waals surface area contributed by atoms with E-state index >= 15 is 0 Å². The van der Waals surface area contributed by atoms with Gasteiger partial charge in [-0.2, -0.15) is 0 Å². The molecule has 7 heteroatoms. The number of carbonyl (C=O) groups is 1. The van der Waals surface area contributed by atoms with Crippen LogP contribution in [0.4, 0.5) is 0 Å². The number of hydrogen-bond donors (Lipinski definition) is 2. The first-order chi connectivity index (χ1) is 9.04. The maximum Gasteiger partial charge on any atom is 0.271 e. The van der Waals surface area contributed by atoms with Gasteiger partial charge in [-0.3, -0.25) is 4.79 Å². The van der Waals surface area contributed by atoms with Gasteiger partial charge in [0.2, 0.25) is 0 Å². The lowest BCUT2D eigenvalue weighted by Gasteiger charge is -2.19. The first-order valence-electron chi connectivity index (χ1n) is 5.95. The lowest BCUT2D eigenvalue weighted by molar-refractivity contribution is 0.0911. The van der Waals surface area contributed by atoms with Crippen LogP contribution >= 0.6 is 34.8 Å². The molecule has 0 spiro atoms. The minimum absolute atomic E-state index is 0.0465. The standard InChI is InChI=1S/C12H13Cl3N2O2/c13-7-4-16-11(10(15)9(7)14)12(19)17-8-3-1-2-6(8)5-18/h4,6,8,18H,1-3,5H2,(H,17,19). The third kappa shape index (κ3) is 3.14. The van der Waals surface area contributed by atoms with Crippen molar-refractivity contribution in [3.8, 4) is 0 Å². The zero-order valence-corrected chi connectivity index (χ0v) is 12.3. The van der Waals surface area contributed by atoms with Crippen molar-refractivity contribution in [2.75, 3.05) is 6.61 Å². The molecule has 0 radical (unpaired) electrons. The van der Waals surface area contributed by atoms with E-state index in [0.717, 1.165) is 19.3 Å². The van der Waals surface area contributed by atoms with Gasteiger partial charge in [0.05, 0.1) is 15.1 Å². The molecule has 0 aliphatic heterocycles. The zero-order valence-electron chi connectivity index (χ0n) is 10.00. The highest BCUT2D eigenvalue weighted by Crippen LogP contribution is 2.31. The summed E-state index contributed by atoms with van der Waals surface area (Å²) in [6.45, 7) is 0.0630.